The Hall–Kier alpha value is -2.25. The van der Waals surface area contributed by atoms with Gasteiger partial charge in [0.1, 0.15) is 5.82 Å². The lowest BCUT2D eigenvalue weighted by Gasteiger charge is -2.11. The highest BCUT2D eigenvalue weighted by molar-refractivity contribution is 5.63. The lowest BCUT2D eigenvalue weighted by Crippen LogP contribution is -2.18. The molecule has 5 nitrogen and oxygen atoms in total. The molecule has 0 saturated carbocycles. The molecule has 0 radical (unpaired) electrons. The summed E-state index contributed by atoms with van der Waals surface area (Å²) >= 11 is 0. The van der Waals surface area contributed by atoms with E-state index in [0.29, 0.717) is 17.2 Å². The number of anilines is 1. The Balaban J connectivity index is 2.28. The lowest BCUT2D eigenvalue weighted by molar-refractivity contribution is -0.274. The van der Waals surface area contributed by atoms with Crippen LogP contribution in [0.5, 0.6) is 5.75 Å². The molecule has 0 aliphatic heterocycles. The molecule has 0 aliphatic carbocycles. The van der Waals surface area contributed by atoms with Gasteiger partial charge >= 0.3 is 6.36 Å². The van der Waals surface area contributed by atoms with E-state index < -0.39 is 12.1 Å². The van der Waals surface area contributed by atoms with Crippen molar-refractivity contribution in [2.75, 3.05) is 5.73 Å². The predicted molar refractivity (Wildman–Crippen MR) is 71.5 cm³/mol. The maximum Gasteiger partial charge on any atom is 0.573 e. The molecule has 114 valence electrons. The van der Waals surface area contributed by atoms with Crippen molar-refractivity contribution >= 4 is 5.82 Å². The minimum absolute atomic E-state index is 0.321. The van der Waals surface area contributed by atoms with Gasteiger partial charge in [-0.3, -0.25) is 0 Å². The molecule has 8 heteroatoms. The maximum absolute atomic E-state index is 12.3. The van der Waals surface area contributed by atoms with Crippen LogP contribution in [0.25, 0.3) is 11.3 Å². The van der Waals surface area contributed by atoms with Gasteiger partial charge in [0.15, 0.2) is 11.6 Å². The molecule has 0 bridgehead atoms. The molecule has 0 saturated heterocycles. The first kappa shape index (κ1) is 15.1. The quantitative estimate of drug-likeness (QED) is 0.909. The summed E-state index contributed by atoms with van der Waals surface area (Å²) in [5.41, 5.74) is 6.37. The summed E-state index contributed by atoms with van der Waals surface area (Å²) in [5, 5.41) is 0. The van der Waals surface area contributed by atoms with Crippen LogP contribution in [0.4, 0.5) is 19.0 Å². The molecule has 3 N–H and O–H groups in total. The Morgan fingerprint density at radius 1 is 1.29 bits per heavy atom. The van der Waals surface area contributed by atoms with E-state index in [-0.39, 0.29) is 5.82 Å². The topological polar surface area (TPSA) is 76.8 Å². The van der Waals surface area contributed by atoms with Gasteiger partial charge in [0.25, 0.3) is 0 Å². The molecular weight excluding hydrogens is 285 g/mol. The fraction of sp³-hybridized carbons (Fsp3) is 0.385. The monoisotopic (exact) mass is 300 g/mol. The van der Waals surface area contributed by atoms with E-state index in [9.17, 15) is 13.2 Å². The Kier molecular flexibility index (Phi) is 4.06. The number of nitrogen functional groups attached to an aromatic ring is 1. The van der Waals surface area contributed by atoms with Crippen molar-refractivity contribution in [3.8, 4) is 17.0 Å². The fourth-order valence-electron chi connectivity index (χ4n) is 1.81. The molecule has 2 rings (SSSR count). The van der Waals surface area contributed by atoms with Gasteiger partial charge in [-0.15, -0.1) is 13.2 Å². The minimum Gasteiger partial charge on any atom is -0.402 e. The van der Waals surface area contributed by atoms with Crippen LogP contribution >= 0.6 is 0 Å². The number of hydrogen-bond acceptors (Lipinski definition) is 4. The molecule has 0 aromatic carbocycles. The van der Waals surface area contributed by atoms with E-state index >= 15 is 0 Å². The number of rotatable bonds is 4. The zero-order valence-electron chi connectivity index (χ0n) is 11.5. The molecule has 2 aromatic rings. The standard InChI is InChI=1S/C13H15F3N4O/c1-7(2)3-11-18-6-9(20-11)8-4-10(12(17)19-5-8)21-13(14,15)16/h4-7H,3H2,1-2H3,(H2,17,19)(H,18,20). The first-order chi connectivity index (χ1) is 9.74. The van der Waals surface area contributed by atoms with E-state index in [4.69, 9.17) is 5.73 Å². The number of halogens is 3. The molecule has 0 fully saturated rings. The summed E-state index contributed by atoms with van der Waals surface area (Å²) < 4.78 is 40.7. The summed E-state index contributed by atoms with van der Waals surface area (Å²) in [6.07, 6.45) is -1.16. The van der Waals surface area contributed by atoms with Gasteiger partial charge in [-0.2, -0.15) is 0 Å². The van der Waals surface area contributed by atoms with Gasteiger partial charge < -0.3 is 15.5 Å². The minimum atomic E-state index is -4.81. The first-order valence-corrected chi connectivity index (χ1v) is 6.30. The molecule has 21 heavy (non-hydrogen) atoms. The SMILES string of the molecule is CC(C)Cc1ncc(-c2cnc(N)c(OC(F)(F)F)c2)[nH]1. The van der Waals surface area contributed by atoms with Crippen molar-refractivity contribution in [3.63, 3.8) is 0 Å². The number of aromatic nitrogens is 3. The van der Waals surface area contributed by atoms with E-state index in [0.717, 1.165) is 12.2 Å². The lowest BCUT2D eigenvalue weighted by atomic mass is 10.1. The van der Waals surface area contributed by atoms with E-state index in [1.54, 1.807) is 6.20 Å². The molecule has 0 amide bonds. The molecule has 0 spiro atoms. The summed E-state index contributed by atoms with van der Waals surface area (Å²) in [6.45, 7) is 4.09. The number of nitrogens with zero attached hydrogens (tertiary/aromatic N) is 2. The molecule has 0 aliphatic rings. The van der Waals surface area contributed by atoms with Gasteiger partial charge in [0, 0.05) is 18.2 Å². The second kappa shape index (κ2) is 5.63. The fourth-order valence-corrected chi connectivity index (χ4v) is 1.81. The largest absolute Gasteiger partial charge is 0.573 e. The van der Waals surface area contributed by atoms with Crippen molar-refractivity contribution in [2.45, 2.75) is 26.6 Å². The van der Waals surface area contributed by atoms with Crippen LogP contribution in [0, 0.1) is 5.92 Å². The van der Waals surface area contributed by atoms with Crippen LogP contribution in [-0.2, 0) is 6.42 Å². The number of H-pyrrole nitrogens is 1. The van der Waals surface area contributed by atoms with Gasteiger partial charge in [-0.05, 0) is 12.0 Å². The first-order valence-electron chi connectivity index (χ1n) is 6.30. The summed E-state index contributed by atoms with van der Waals surface area (Å²) in [6, 6.07) is 1.18. The van der Waals surface area contributed by atoms with Crippen molar-refractivity contribution in [2.24, 2.45) is 5.92 Å². The highest BCUT2D eigenvalue weighted by Gasteiger charge is 2.32. The van der Waals surface area contributed by atoms with Crippen molar-refractivity contribution in [3.05, 3.63) is 24.3 Å². The smallest absolute Gasteiger partial charge is 0.402 e. The van der Waals surface area contributed by atoms with Crippen molar-refractivity contribution in [1.82, 2.24) is 15.0 Å². The van der Waals surface area contributed by atoms with Crippen LogP contribution in [0.15, 0.2) is 18.5 Å². The zero-order valence-corrected chi connectivity index (χ0v) is 11.5. The average Bonchev–Trinajstić information content (AvgIpc) is 2.78. The van der Waals surface area contributed by atoms with E-state index in [1.807, 2.05) is 13.8 Å². The average molecular weight is 300 g/mol. The third-order valence-corrected chi connectivity index (χ3v) is 2.65. The van der Waals surface area contributed by atoms with Crippen molar-refractivity contribution < 1.29 is 17.9 Å². The van der Waals surface area contributed by atoms with Gasteiger partial charge in [-0.25, -0.2) is 9.97 Å². The summed E-state index contributed by atoms with van der Waals surface area (Å²) in [5.74, 6) is 0.325. The highest BCUT2D eigenvalue weighted by Crippen LogP contribution is 2.30. The van der Waals surface area contributed by atoms with E-state index in [1.165, 1.54) is 12.3 Å². The molecular formula is C13H15F3N4O. The van der Waals surface area contributed by atoms with Crippen LogP contribution in [0.1, 0.15) is 19.7 Å². The maximum atomic E-state index is 12.3. The Morgan fingerprint density at radius 2 is 2.00 bits per heavy atom. The number of alkyl halides is 3. The third-order valence-electron chi connectivity index (χ3n) is 2.65. The second-order valence-electron chi connectivity index (χ2n) is 5.00. The van der Waals surface area contributed by atoms with Crippen LogP contribution in [-0.4, -0.2) is 21.3 Å². The number of pyridine rings is 1. The van der Waals surface area contributed by atoms with Gasteiger partial charge in [0.2, 0.25) is 0 Å². The Bertz CT molecular complexity index is 622. The van der Waals surface area contributed by atoms with E-state index in [2.05, 4.69) is 19.7 Å². The number of ether oxygens (including phenoxy) is 1. The Morgan fingerprint density at radius 3 is 2.62 bits per heavy atom. The summed E-state index contributed by atoms with van der Waals surface area (Å²) in [7, 11) is 0. The Labute approximate surface area is 119 Å². The predicted octanol–water partition coefficient (Wildman–Crippen LogP) is 3.15. The highest BCUT2D eigenvalue weighted by atomic mass is 19.4. The van der Waals surface area contributed by atoms with Crippen LogP contribution < -0.4 is 10.5 Å². The second-order valence-corrected chi connectivity index (χ2v) is 5.00. The number of aromatic amines is 1. The molecule has 2 aromatic heterocycles. The van der Waals surface area contributed by atoms with Crippen LogP contribution in [0.2, 0.25) is 0 Å². The molecule has 0 unspecified atom stereocenters. The number of hydrogen-bond donors (Lipinski definition) is 2. The molecule has 0 atom stereocenters. The third kappa shape index (κ3) is 4.11. The zero-order chi connectivity index (χ0) is 15.6. The number of imidazole rings is 1. The normalized spacial score (nSPS) is 11.9. The number of nitrogens with two attached hydrogens (primary N) is 1. The summed E-state index contributed by atoms with van der Waals surface area (Å²) in [4.78, 5) is 10.9. The number of nitrogens with one attached hydrogen (secondary N) is 1. The molecule has 2 heterocycles. The van der Waals surface area contributed by atoms with Gasteiger partial charge in [-0.1, -0.05) is 13.8 Å². The van der Waals surface area contributed by atoms with Gasteiger partial charge in [0.05, 0.1) is 11.9 Å². The van der Waals surface area contributed by atoms with Crippen molar-refractivity contribution in [1.29, 1.82) is 0 Å². The van der Waals surface area contributed by atoms with Crippen LogP contribution in [0.3, 0.4) is 0 Å².